The van der Waals surface area contributed by atoms with Gasteiger partial charge in [-0.1, -0.05) is 152 Å². The zero-order chi connectivity index (χ0) is 32.3. The van der Waals surface area contributed by atoms with E-state index in [1.807, 2.05) is 12.1 Å². The molecule has 0 N–H and O–H groups in total. The van der Waals surface area contributed by atoms with Gasteiger partial charge in [0.25, 0.3) is 0 Å². The maximum atomic E-state index is 6.12. The van der Waals surface area contributed by atoms with Gasteiger partial charge in [-0.2, -0.15) is 0 Å². The lowest BCUT2D eigenvalue weighted by atomic mass is 9.85. The molecule has 10 aromatic rings. The number of hydrogen-bond acceptors (Lipinski definition) is 1. The first-order valence-electron chi connectivity index (χ1n) is 16.8. The molecule has 0 aliphatic carbocycles. The first-order valence-corrected chi connectivity index (χ1v) is 16.8. The van der Waals surface area contributed by atoms with Crippen molar-refractivity contribution in [2.75, 3.05) is 0 Å². The van der Waals surface area contributed by atoms with Crippen LogP contribution < -0.4 is 0 Å². The van der Waals surface area contributed by atoms with Gasteiger partial charge in [0, 0.05) is 10.8 Å². The number of fused-ring (bicyclic) bond motifs is 6. The Kier molecular flexibility index (Phi) is 6.25. The van der Waals surface area contributed by atoms with Crippen molar-refractivity contribution in [3.8, 4) is 44.5 Å². The van der Waals surface area contributed by atoms with Gasteiger partial charge in [0.1, 0.15) is 11.2 Å². The summed E-state index contributed by atoms with van der Waals surface area (Å²) in [6.07, 6.45) is 0. The molecule has 9 aromatic carbocycles. The zero-order valence-corrected chi connectivity index (χ0v) is 26.7. The number of hydrogen-bond donors (Lipinski definition) is 0. The molecule has 10 rings (SSSR count). The quantitative estimate of drug-likeness (QED) is 0.178. The zero-order valence-electron chi connectivity index (χ0n) is 26.7. The summed E-state index contributed by atoms with van der Waals surface area (Å²) in [6, 6.07) is 65.9. The van der Waals surface area contributed by atoms with Crippen molar-refractivity contribution in [1.82, 2.24) is 0 Å². The number of para-hydroxylation sites is 1. The Morgan fingerprint density at radius 2 is 0.735 bits per heavy atom. The Labute approximate surface area is 284 Å². The molecule has 49 heavy (non-hydrogen) atoms. The maximum absolute atomic E-state index is 6.12. The molecule has 0 aliphatic heterocycles. The second-order valence-electron chi connectivity index (χ2n) is 12.9. The fourth-order valence-corrected chi connectivity index (χ4v) is 7.71. The lowest BCUT2D eigenvalue weighted by molar-refractivity contribution is 0.669. The van der Waals surface area contributed by atoms with Gasteiger partial charge in [0.15, 0.2) is 0 Å². The smallest absolute Gasteiger partial charge is 0.135 e. The Morgan fingerprint density at radius 1 is 0.245 bits per heavy atom. The maximum Gasteiger partial charge on any atom is 0.135 e. The minimum absolute atomic E-state index is 0.916. The summed E-state index contributed by atoms with van der Waals surface area (Å²) in [4.78, 5) is 0. The second-order valence-corrected chi connectivity index (χ2v) is 12.9. The Balaban J connectivity index is 1.12. The van der Waals surface area contributed by atoms with Crippen molar-refractivity contribution in [3.05, 3.63) is 182 Å². The van der Waals surface area contributed by atoms with Crippen molar-refractivity contribution in [2.24, 2.45) is 0 Å². The van der Waals surface area contributed by atoms with E-state index in [2.05, 4.69) is 170 Å². The average molecular weight is 623 g/mol. The molecule has 0 saturated carbocycles. The molecule has 0 spiro atoms. The van der Waals surface area contributed by atoms with E-state index in [-0.39, 0.29) is 0 Å². The standard InChI is InChI=1S/C48H30O/c1-2-11-34-28-36(25-22-31(34)10-1)32-20-23-33(24-21-32)47-40-15-3-5-17-42(40)48(43-18-6-4-16-41(43)47)38-13-9-12-35(29-38)37-26-27-46-44(30-37)39-14-7-8-19-45(39)49-46/h1-30H. The van der Waals surface area contributed by atoms with Gasteiger partial charge in [-0.05, 0) is 107 Å². The normalized spacial score (nSPS) is 11.7. The number of furan rings is 1. The van der Waals surface area contributed by atoms with Gasteiger partial charge in [0.05, 0.1) is 0 Å². The molecular weight excluding hydrogens is 593 g/mol. The largest absolute Gasteiger partial charge is 0.456 e. The highest BCUT2D eigenvalue weighted by Crippen LogP contribution is 2.44. The summed E-state index contributed by atoms with van der Waals surface area (Å²) >= 11 is 0. The van der Waals surface area contributed by atoms with Gasteiger partial charge in [-0.25, -0.2) is 0 Å². The predicted molar refractivity (Wildman–Crippen MR) is 208 cm³/mol. The van der Waals surface area contributed by atoms with Crippen molar-refractivity contribution < 1.29 is 4.42 Å². The van der Waals surface area contributed by atoms with E-state index in [9.17, 15) is 0 Å². The SMILES string of the molecule is c1cc(-c2ccc3oc4ccccc4c3c2)cc(-c2c3ccccc3c(-c3ccc(-c4ccc5ccccc5c4)cc3)c3ccccc23)c1. The first kappa shape index (κ1) is 27.7. The van der Waals surface area contributed by atoms with Gasteiger partial charge in [-0.3, -0.25) is 0 Å². The average Bonchev–Trinajstić information content (AvgIpc) is 3.55. The summed E-state index contributed by atoms with van der Waals surface area (Å²) < 4.78 is 6.12. The lowest BCUT2D eigenvalue weighted by Crippen LogP contribution is -1.91. The van der Waals surface area contributed by atoms with Crippen LogP contribution in [0.25, 0.3) is 98.8 Å². The Bertz CT molecular complexity index is 2810. The van der Waals surface area contributed by atoms with E-state index in [1.165, 1.54) is 76.8 Å². The molecule has 0 radical (unpaired) electrons. The molecule has 0 bridgehead atoms. The molecule has 0 atom stereocenters. The van der Waals surface area contributed by atoms with Gasteiger partial charge >= 0.3 is 0 Å². The van der Waals surface area contributed by atoms with Crippen LogP contribution in [0.15, 0.2) is 186 Å². The highest BCUT2D eigenvalue weighted by atomic mass is 16.3. The summed E-state index contributed by atoms with van der Waals surface area (Å²) in [5, 5.41) is 9.83. The van der Waals surface area contributed by atoms with Crippen molar-refractivity contribution in [2.45, 2.75) is 0 Å². The van der Waals surface area contributed by atoms with Crippen LogP contribution in [0.2, 0.25) is 0 Å². The van der Waals surface area contributed by atoms with E-state index in [0.717, 1.165) is 21.9 Å². The monoisotopic (exact) mass is 622 g/mol. The molecular formula is C48H30O. The van der Waals surface area contributed by atoms with Crippen molar-refractivity contribution in [3.63, 3.8) is 0 Å². The number of rotatable bonds is 4. The fraction of sp³-hybridized carbons (Fsp3) is 0. The summed E-state index contributed by atoms with van der Waals surface area (Å²) in [5.74, 6) is 0. The van der Waals surface area contributed by atoms with Crippen LogP contribution in [-0.2, 0) is 0 Å². The topological polar surface area (TPSA) is 13.1 Å². The molecule has 0 fully saturated rings. The molecule has 0 saturated heterocycles. The van der Waals surface area contributed by atoms with Crippen molar-refractivity contribution >= 4 is 54.3 Å². The van der Waals surface area contributed by atoms with Crippen LogP contribution in [0.1, 0.15) is 0 Å². The van der Waals surface area contributed by atoms with E-state index >= 15 is 0 Å². The first-order chi connectivity index (χ1) is 24.3. The number of benzene rings is 9. The molecule has 0 aliphatic rings. The molecule has 0 amide bonds. The third-order valence-electron chi connectivity index (χ3n) is 10.0. The molecule has 228 valence electrons. The van der Waals surface area contributed by atoms with Crippen LogP contribution in [0.3, 0.4) is 0 Å². The Hall–Kier alpha value is -6.44. The van der Waals surface area contributed by atoms with Crippen LogP contribution in [-0.4, -0.2) is 0 Å². The third-order valence-corrected chi connectivity index (χ3v) is 10.0. The van der Waals surface area contributed by atoms with Gasteiger partial charge < -0.3 is 4.42 Å². The highest BCUT2D eigenvalue weighted by molar-refractivity contribution is 6.21. The second kappa shape index (κ2) is 11.1. The third kappa shape index (κ3) is 4.55. The molecule has 1 aromatic heterocycles. The fourth-order valence-electron chi connectivity index (χ4n) is 7.71. The molecule has 0 unspecified atom stereocenters. The molecule has 1 heterocycles. The van der Waals surface area contributed by atoms with Crippen LogP contribution in [0.5, 0.6) is 0 Å². The van der Waals surface area contributed by atoms with Crippen LogP contribution in [0.4, 0.5) is 0 Å². The van der Waals surface area contributed by atoms with E-state index in [4.69, 9.17) is 4.42 Å². The van der Waals surface area contributed by atoms with E-state index in [0.29, 0.717) is 0 Å². The van der Waals surface area contributed by atoms with Crippen LogP contribution >= 0.6 is 0 Å². The van der Waals surface area contributed by atoms with Crippen molar-refractivity contribution in [1.29, 1.82) is 0 Å². The lowest BCUT2D eigenvalue weighted by Gasteiger charge is -2.18. The Morgan fingerprint density at radius 3 is 1.47 bits per heavy atom. The van der Waals surface area contributed by atoms with E-state index in [1.54, 1.807) is 0 Å². The molecule has 1 heteroatoms. The van der Waals surface area contributed by atoms with E-state index < -0.39 is 0 Å². The molecule has 1 nitrogen and oxygen atoms in total. The minimum atomic E-state index is 0.916. The highest BCUT2D eigenvalue weighted by Gasteiger charge is 2.17. The summed E-state index contributed by atoms with van der Waals surface area (Å²) in [7, 11) is 0. The summed E-state index contributed by atoms with van der Waals surface area (Å²) in [5.41, 5.74) is 11.6. The predicted octanol–water partition coefficient (Wildman–Crippen LogP) is 13.7. The minimum Gasteiger partial charge on any atom is -0.456 e. The van der Waals surface area contributed by atoms with Crippen LogP contribution in [0, 0.1) is 0 Å². The van der Waals surface area contributed by atoms with Gasteiger partial charge in [0.2, 0.25) is 0 Å². The van der Waals surface area contributed by atoms with Gasteiger partial charge in [-0.15, -0.1) is 0 Å². The summed E-state index contributed by atoms with van der Waals surface area (Å²) in [6.45, 7) is 0.